The summed E-state index contributed by atoms with van der Waals surface area (Å²) in [6.45, 7) is 2.04. The molecule has 0 aromatic heterocycles. The van der Waals surface area contributed by atoms with Crippen LogP contribution in [0.15, 0.2) is 24.3 Å². The van der Waals surface area contributed by atoms with Crippen LogP contribution < -0.4 is 10.2 Å². The minimum absolute atomic E-state index is 0.00597. The van der Waals surface area contributed by atoms with Gasteiger partial charge in [-0.1, -0.05) is 17.7 Å². The Morgan fingerprint density at radius 2 is 1.94 bits per heavy atom. The number of nitrogens with one attached hydrogen (secondary N) is 1. The summed E-state index contributed by atoms with van der Waals surface area (Å²) >= 11 is 0. The molecule has 0 heterocycles. The summed E-state index contributed by atoms with van der Waals surface area (Å²) in [5.41, 5.74) is 2.14. The van der Waals surface area contributed by atoms with Crippen LogP contribution in [0.25, 0.3) is 0 Å². The van der Waals surface area contributed by atoms with E-state index in [0.717, 1.165) is 18.5 Å². The molecule has 0 saturated heterocycles. The van der Waals surface area contributed by atoms with Gasteiger partial charge in [-0.05, 0) is 38.3 Å². The molecule has 1 aromatic carbocycles. The molecule has 0 spiro atoms. The van der Waals surface area contributed by atoms with E-state index in [1.54, 1.807) is 11.9 Å². The summed E-state index contributed by atoms with van der Waals surface area (Å²) in [5, 5.41) is 3.02. The molecule has 2 amide bonds. The molecule has 3 heteroatoms. The first-order valence-corrected chi connectivity index (χ1v) is 5.78. The lowest BCUT2D eigenvalue weighted by atomic mass is 9.93. The third-order valence-electron chi connectivity index (χ3n) is 3.16. The van der Waals surface area contributed by atoms with Crippen LogP contribution >= 0.6 is 0 Å². The number of anilines is 1. The predicted molar refractivity (Wildman–Crippen MR) is 65.8 cm³/mol. The molecule has 2 rings (SSSR count). The molecular weight excluding hydrogens is 200 g/mol. The number of urea groups is 1. The van der Waals surface area contributed by atoms with Crippen molar-refractivity contribution in [3.05, 3.63) is 29.8 Å². The maximum absolute atomic E-state index is 11.8. The van der Waals surface area contributed by atoms with E-state index in [9.17, 15) is 4.79 Å². The highest BCUT2D eigenvalue weighted by Gasteiger charge is 2.21. The monoisotopic (exact) mass is 218 g/mol. The van der Waals surface area contributed by atoms with Crippen molar-refractivity contribution in [3.8, 4) is 0 Å². The Labute approximate surface area is 96.5 Å². The second-order valence-corrected chi connectivity index (χ2v) is 4.47. The molecule has 16 heavy (non-hydrogen) atoms. The maximum atomic E-state index is 11.8. The fourth-order valence-corrected chi connectivity index (χ4v) is 1.71. The van der Waals surface area contributed by atoms with E-state index in [-0.39, 0.29) is 6.03 Å². The van der Waals surface area contributed by atoms with Crippen molar-refractivity contribution in [1.29, 1.82) is 0 Å². The fourth-order valence-electron chi connectivity index (χ4n) is 1.71. The summed E-state index contributed by atoms with van der Waals surface area (Å²) in [6.07, 6.45) is 3.47. The number of rotatable bonds is 2. The second kappa shape index (κ2) is 4.56. The van der Waals surface area contributed by atoms with Gasteiger partial charge in [-0.25, -0.2) is 4.79 Å². The van der Waals surface area contributed by atoms with Gasteiger partial charge in [0.05, 0.1) is 0 Å². The molecule has 3 nitrogen and oxygen atoms in total. The highest BCUT2D eigenvalue weighted by molar-refractivity contribution is 5.91. The molecule has 0 aliphatic heterocycles. The van der Waals surface area contributed by atoms with Gasteiger partial charge in [-0.2, -0.15) is 0 Å². The number of benzene rings is 1. The number of nitrogens with zero attached hydrogens (tertiary/aromatic N) is 1. The van der Waals surface area contributed by atoms with Crippen LogP contribution in [-0.2, 0) is 0 Å². The van der Waals surface area contributed by atoms with Crippen LogP contribution in [0.3, 0.4) is 0 Å². The molecule has 1 fully saturated rings. The van der Waals surface area contributed by atoms with Crippen LogP contribution in [0.1, 0.15) is 24.8 Å². The summed E-state index contributed by atoms with van der Waals surface area (Å²) in [7, 11) is 1.80. The minimum atomic E-state index is -0.00597. The van der Waals surface area contributed by atoms with Crippen molar-refractivity contribution in [2.45, 2.75) is 32.2 Å². The number of aryl methyl sites for hydroxylation is 1. The van der Waals surface area contributed by atoms with E-state index >= 15 is 0 Å². The number of carbonyl (C=O) groups excluding carboxylic acids is 1. The Bertz CT molecular complexity index is 368. The molecular formula is C13H18N2O. The van der Waals surface area contributed by atoms with Crippen molar-refractivity contribution >= 4 is 11.7 Å². The summed E-state index contributed by atoms with van der Waals surface area (Å²) < 4.78 is 0. The molecule has 0 bridgehead atoms. The van der Waals surface area contributed by atoms with Crippen LogP contribution in [0, 0.1) is 6.92 Å². The zero-order valence-electron chi connectivity index (χ0n) is 9.86. The van der Waals surface area contributed by atoms with Crippen LogP contribution in [0.2, 0.25) is 0 Å². The Balaban J connectivity index is 1.97. The number of amides is 2. The van der Waals surface area contributed by atoms with Gasteiger partial charge in [0.1, 0.15) is 0 Å². The molecule has 0 radical (unpaired) electrons. The molecule has 86 valence electrons. The second-order valence-electron chi connectivity index (χ2n) is 4.47. The Morgan fingerprint density at radius 1 is 1.31 bits per heavy atom. The molecule has 0 unspecified atom stereocenters. The fraction of sp³-hybridized carbons (Fsp3) is 0.462. The lowest BCUT2D eigenvalue weighted by Crippen LogP contribution is -2.46. The van der Waals surface area contributed by atoms with E-state index < -0.39 is 0 Å². The molecule has 1 saturated carbocycles. The first kappa shape index (κ1) is 11.0. The van der Waals surface area contributed by atoms with E-state index in [1.165, 1.54) is 12.0 Å². The van der Waals surface area contributed by atoms with Gasteiger partial charge >= 0.3 is 6.03 Å². The van der Waals surface area contributed by atoms with Crippen molar-refractivity contribution in [2.75, 3.05) is 11.9 Å². The first-order valence-electron chi connectivity index (χ1n) is 5.78. The zero-order valence-corrected chi connectivity index (χ0v) is 9.86. The maximum Gasteiger partial charge on any atom is 0.321 e. The van der Waals surface area contributed by atoms with Gasteiger partial charge in [0.15, 0.2) is 0 Å². The smallest absolute Gasteiger partial charge is 0.321 e. The standard InChI is InChI=1S/C13H18N2O/c1-10-6-8-12(9-7-10)15(2)13(16)14-11-4-3-5-11/h6-9,11H,3-5H2,1-2H3,(H,14,16). The van der Waals surface area contributed by atoms with Crippen molar-refractivity contribution in [1.82, 2.24) is 5.32 Å². The summed E-state index contributed by atoms with van der Waals surface area (Å²) in [6, 6.07) is 8.35. The van der Waals surface area contributed by atoms with Crippen LogP contribution in [0.4, 0.5) is 10.5 Å². The molecule has 1 aliphatic rings. The third kappa shape index (κ3) is 2.35. The van der Waals surface area contributed by atoms with Crippen LogP contribution in [-0.4, -0.2) is 19.1 Å². The quantitative estimate of drug-likeness (QED) is 0.813. The van der Waals surface area contributed by atoms with E-state index in [4.69, 9.17) is 0 Å². The first-order chi connectivity index (χ1) is 7.66. The van der Waals surface area contributed by atoms with Crippen LogP contribution in [0.5, 0.6) is 0 Å². The highest BCUT2D eigenvalue weighted by atomic mass is 16.2. The molecule has 1 N–H and O–H groups in total. The van der Waals surface area contributed by atoms with Crippen molar-refractivity contribution in [2.24, 2.45) is 0 Å². The van der Waals surface area contributed by atoms with Gasteiger partial charge in [-0.3, -0.25) is 4.90 Å². The summed E-state index contributed by atoms with van der Waals surface area (Å²) in [4.78, 5) is 13.5. The zero-order chi connectivity index (χ0) is 11.5. The number of hydrogen-bond donors (Lipinski definition) is 1. The van der Waals surface area contributed by atoms with Gasteiger partial charge < -0.3 is 5.32 Å². The van der Waals surface area contributed by atoms with E-state index in [1.807, 2.05) is 31.2 Å². The summed E-state index contributed by atoms with van der Waals surface area (Å²) in [5.74, 6) is 0. The van der Waals surface area contributed by atoms with Gasteiger partial charge in [0.25, 0.3) is 0 Å². The topological polar surface area (TPSA) is 32.3 Å². The third-order valence-corrected chi connectivity index (χ3v) is 3.16. The molecule has 1 aliphatic carbocycles. The van der Waals surface area contributed by atoms with Gasteiger partial charge in [0, 0.05) is 18.8 Å². The SMILES string of the molecule is Cc1ccc(N(C)C(=O)NC2CCC2)cc1. The largest absolute Gasteiger partial charge is 0.335 e. The Morgan fingerprint density at radius 3 is 2.44 bits per heavy atom. The lowest BCUT2D eigenvalue weighted by Gasteiger charge is -2.29. The van der Waals surface area contributed by atoms with E-state index in [0.29, 0.717) is 6.04 Å². The van der Waals surface area contributed by atoms with E-state index in [2.05, 4.69) is 5.32 Å². The predicted octanol–water partition coefficient (Wildman–Crippen LogP) is 2.69. The Hall–Kier alpha value is -1.51. The van der Waals surface area contributed by atoms with Crippen molar-refractivity contribution in [3.63, 3.8) is 0 Å². The van der Waals surface area contributed by atoms with Crippen molar-refractivity contribution < 1.29 is 4.79 Å². The number of carbonyl (C=O) groups is 1. The average Bonchev–Trinajstić information content (AvgIpc) is 2.23. The Kier molecular flexibility index (Phi) is 3.13. The lowest BCUT2D eigenvalue weighted by molar-refractivity contribution is 0.235. The molecule has 1 aromatic rings. The highest BCUT2D eigenvalue weighted by Crippen LogP contribution is 2.19. The number of hydrogen-bond acceptors (Lipinski definition) is 1. The normalized spacial score (nSPS) is 15.4. The minimum Gasteiger partial charge on any atom is -0.335 e. The van der Waals surface area contributed by atoms with Gasteiger partial charge in [-0.15, -0.1) is 0 Å². The molecule has 0 atom stereocenters. The average molecular weight is 218 g/mol. The van der Waals surface area contributed by atoms with Gasteiger partial charge in [0.2, 0.25) is 0 Å².